The van der Waals surface area contributed by atoms with Crippen LogP contribution < -0.4 is 0 Å². The maximum Gasteiger partial charge on any atom is 0.0707 e. The van der Waals surface area contributed by atoms with Crippen molar-refractivity contribution in [2.75, 3.05) is 20.1 Å². The monoisotopic (exact) mass is 193 g/mol. The van der Waals surface area contributed by atoms with Crippen molar-refractivity contribution < 1.29 is 5.11 Å². The number of hydrogen-bond donors (Lipinski definition) is 1. The van der Waals surface area contributed by atoms with Gasteiger partial charge in [-0.15, -0.1) is 0 Å². The Balaban J connectivity index is 2.37. The number of aliphatic hydroxyl groups excluding tert-OH is 1. The van der Waals surface area contributed by atoms with Gasteiger partial charge in [0.1, 0.15) is 0 Å². The molecule has 0 heterocycles. The lowest BCUT2D eigenvalue weighted by molar-refractivity contribution is 0.128. The van der Waals surface area contributed by atoms with Crippen LogP contribution in [0.15, 0.2) is 30.3 Å². The fourth-order valence-corrected chi connectivity index (χ4v) is 1.44. The second-order valence-electron chi connectivity index (χ2n) is 3.70. The van der Waals surface area contributed by atoms with Gasteiger partial charge >= 0.3 is 0 Å². The Hall–Kier alpha value is -0.860. The third-order valence-electron chi connectivity index (χ3n) is 2.38. The van der Waals surface area contributed by atoms with Gasteiger partial charge in [0, 0.05) is 6.54 Å². The average Bonchev–Trinajstić information content (AvgIpc) is 2.19. The van der Waals surface area contributed by atoms with E-state index in [2.05, 4.69) is 24.0 Å². The number of likely N-dealkylation sites (N-methyl/N-ethyl adjacent to an activating group) is 1. The van der Waals surface area contributed by atoms with E-state index in [1.807, 2.05) is 25.2 Å². The minimum Gasteiger partial charge on any atom is -0.391 e. The molecule has 0 aliphatic heterocycles. The zero-order valence-corrected chi connectivity index (χ0v) is 8.98. The van der Waals surface area contributed by atoms with E-state index < -0.39 is 0 Å². The van der Waals surface area contributed by atoms with Crippen molar-refractivity contribution in [3.8, 4) is 0 Å². The molecule has 0 amide bonds. The summed E-state index contributed by atoms with van der Waals surface area (Å²) in [5, 5.41) is 9.76. The molecule has 0 spiro atoms. The molecule has 0 aromatic heterocycles. The molecule has 1 unspecified atom stereocenters. The Morgan fingerprint density at radius 3 is 2.50 bits per heavy atom. The van der Waals surface area contributed by atoms with Gasteiger partial charge in [0.15, 0.2) is 0 Å². The Kier molecular flexibility index (Phi) is 4.63. The smallest absolute Gasteiger partial charge is 0.0707 e. The number of rotatable bonds is 5. The summed E-state index contributed by atoms with van der Waals surface area (Å²) in [6.07, 6.45) is 0.480. The molecule has 0 radical (unpaired) electrons. The number of aliphatic hydroxyl groups is 1. The molecular formula is C12H19NO. The summed E-state index contributed by atoms with van der Waals surface area (Å²) in [5.74, 6) is 0. The zero-order valence-electron chi connectivity index (χ0n) is 8.98. The van der Waals surface area contributed by atoms with Crippen LogP contribution in [0, 0.1) is 0 Å². The molecule has 2 heteroatoms. The third kappa shape index (κ3) is 3.90. The quantitative estimate of drug-likeness (QED) is 0.767. The van der Waals surface area contributed by atoms with E-state index in [4.69, 9.17) is 0 Å². The highest BCUT2D eigenvalue weighted by Crippen LogP contribution is 2.03. The van der Waals surface area contributed by atoms with Crippen LogP contribution in [0.2, 0.25) is 0 Å². The molecule has 1 atom stereocenters. The predicted molar refractivity (Wildman–Crippen MR) is 59.3 cm³/mol. The molecule has 1 aromatic carbocycles. The van der Waals surface area contributed by atoms with Crippen LogP contribution in [-0.4, -0.2) is 36.2 Å². The lowest BCUT2D eigenvalue weighted by atomic mass is 10.1. The van der Waals surface area contributed by atoms with E-state index in [1.165, 1.54) is 5.56 Å². The van der Waals surface area contributed by atoms with Crippen molar-refractivity contribution in [3.63, 3.8) is 0 Å². The van der Waals surface area contributed by atoms with Crippen LogP contribution in [-0.2, 0) is 6.42 Å². The molecule has 1 rings (SSSR count). The summed E-state index contributed by atoms with van der Waals surface area (Å²) in [6, 6.07) is 10.1. The maximum absolute atomic E-state index is 9.76. The van der Waals surface area contributed by atoms with Crippen molar-refractivity contribution in [1.82, 2.24) is 4.90 Å². The molecule has 0 saturated carbocycles. The van der Waals surface area contributed by atoms with Crippen LogP contribution in [0.3, 0.4) is 0 Å². The summed E-state index contributed by atoms with van der Waals surface area (Å²) in [4.78, 5) is 2.12. The summed E-state index contributed by atoms with van der Waals surface area (Å²) < 4.78 is 0. The third-order valence-corrected chi connectivity index (χ3v) is 2.38. The Bertz CT molecular complexity index is 248. The molecule has 0 aliphatic carbocycles. The molecule has 0 saturated heterocycles. The first kappa shape index (κ1) is 11.2. The van der Waals surface area contributed by atoms with Gasteiger partial charge in [-0.05, 0) is 25.6 Å². The van der Waals surface area contributed by atoms with E-state index >= 15 is 0 Å². The van der Waals surface area contributed by atoms with Crippen LogP contribution >= 0.6 is 0 Å². The zero-order chi connectivity index (χ0) is 10.4. The fraction of sp³-hybridized carbons (Fsp3) is 0.500. The van der Waals surface area contributed by atoms with Crippen molar-refractivity contribution in [2.24, 2.45) is 0 Å². The van der Waals surface area contributed by atoms with E-state index in [0.29, 0.717) is 0 Å². The average molecular weight is 193 g/mol. The lowest BCUT2D eigenvalue weighted by Gasteiger charge is -2.18. The minimum absolute atomic E-state index is 0.262. The maximum atomic E-state index is 9.76. The van der Waals surface area contributed by atoms with E-state index in [1.54, 1.807) is 0 Å². The minimum atomic E-state index is -0.262. The van der Waals surface area contributed by atoms with Crippen molar-refractivity contribution in [3.05, 3.63) is 35.9 Å². The highest BCUT2D eigenvalue weighted by molar-refractivity contribution is 5.15. The Morgan fingerprint density at radius 1 is 1.29 bits per heavy atom. The van der Waals surface area contributed by atoms with Gasteiger partial charge in [0.2, 0.25) is 0 Å². The molecule has 14 heavy (non-hydrogen) atoms. The van der Waals surface area contributed by atoms with Crippen molar-refractivity contribution in [1.29, 1.82) is 0 Å². The van der Waals surface area contributed by atoms with Gasteiger partial charge in [-0.1, -0.05) is 37.3 Å². The molecule has 2 nitrogen and oxygen atoms in total. The highest BCUT2D eigenvalue weighted by Gasteiger charge is 2.07. The highest BCUT2D eigenvalue weighted by atomic mass is 16.3. The first-order valence-corrected chi connectivity index (χ1v) is 5.13. The van der Waals surface area contributed by atoms with Gasteiger partial charge < -0.3 is 10.0 Å². The van der Waals surface area contributed by atoms with Gasteiger partial charge in [-0.2, -0.15) is 0 Å². The molecule has 1 N–H and O–H groups in total. The van der Waals surface area contributed by atoms with Gasteiger partial charge in [-0.25, -0.2) is 0 Å². The van der Waals surface area contributed by atoms with Crippen molar-refractivity contribution >= 4 is 0 Å². The van der Waals surface area contributed by atoms with Crippen LogP contribution in [0.25, 0.3) is 0 Å². The Labute approximate surface area is 86.2 Å². The molecule has 0 aliphatic rings. The number of benzene rings is 1. The molecule has 0 bridgehead atoms. The fourth-order valence-electron chi connectivity index (χ4n) is 1.44. The molecule has 0 fully saturated rings. The summed E-state index contributed by atoms with van der Waals surface area (Å²) in [6.45, 7) is 3.81. The summed E-state index contributed by atoms with van der Waals surface area (Å²) in [5.41, 5.74) is 1.20. The molecule has 1 aromatic rings. The first-order valence-electron chi connectivity index (χ1n) is 5.13. The SMILES string of the molecule is CCN(C)CC(O)Cc1ccccc1. The topological polar surface area (TPSA) is 23.5 Å². The van der Waals surface area contributed by atoms with Gasteiger partial charge in [-0.3, -0.25) is 0 Å². The second-order valence-corrected chi connectivity index (χ2v) is 3.70. The Morgan fingerprint density at radius 2 is 1.93 bits per heavy atom. The van der Waals surface area contributed by atoms with E-state index in [9.17, 15) is 5.11 Å². The molecular weight excluding hydrogens is 174 g/mol. The number of nitrogens with zero attached hydrogens (tertiary/aromatic N) is 1. The summed E-state index contributed by atoms with van der Waals surface area (Å²) in [7, 11) is 2.02. The van der Waals surface area contributed by atoms with Crippen LogP contribution in [0.5, 0.6) is 0 Å². The second kappa shape index (κ2) is 5.78. The van der Waals surface area contributed by atoms with Crippen molar-refractivity contribution in [2.45, 2.75) is 19.4 Å². The first-order chi connectivity index (χ1) is 6.72. The predicted octanol–water partition coefficient (Wildman–Crippen LogP) is 1.54. The largest absolute Gasteiger partial charge is 0.391 e. The van der Waals surface area contributed by atoms with E-state index in [-0.39, 0.29) is 6.10 Å². The van der Waals surface area contributed by atoms with Crippen LogP contribution in [0.4, 0.5) is 0 Å². The number of hydrogen-bond acceptors (Lipinski definition) is 2. The van der Waals surface area contributed by atoms with Gasteiger partial charge in [0.05, 0.1) is 6.10 Å². The lowest BCUT2D eigenvalue weighted by Crippen LogP contribution is -2.30. The van der Waals surface area contributed by atoms with E-state index in [0.717, 1.165) is 19.5 Å². The molecule has 78 valence electrons. The standard InChI is InChI=1S/C12H19NO/c1-3-13(2)10-12(14)9-11-7-5-4-6-8-11/h4-8,12,14H,3,9-10H2,1-2H3. The van der Waals surface area contributed by atoms with Gasteiger partial charge in [0.25, 0.3) is 0 Å². The normalized spacial score (nSPS) is 13.1. The summed E-state index contributed by atoms with van der Waals surface area (Å²) >= 11 is 0. The van der Waals surface area contributed by atoms with Crippen LogP contribution in [0.1, 0.15) is 12.5 Å².